The maximum Gasteiger partial charge on any atom is 0.193 e. The average molecular weight is 442 g/mol. The van der Waals surface area contributed by atoms with E-state index in [1.165, 1.54) is 0 Å². The minimum atomic E-state index is 0.507. The fourth-order valence-electron chi connectivity index (χ4n) is 3.74. The predicted molar refractivity (Wildman–Crippen MR) is 126 cm³/mol. The summed E-state index contributed by atoms with van der Waals surface area (Å²) >= 11 is 0. The van der Waals surface area contributed by atoms with Gasteiger partial charge in [-0.25, -0.2) is 0 Å². The summed E-state index contributed by atoms with van der Waals surface area (Å²) < 4.78 is 22.2. The first-order chi connectivity index (χ1) is 15.7. The minimum Gasteiger partial charge on any atom is -0.493 e. The molecular formula is C25H35N3O4. The Balaban J connectivity index is 1.49. The molecule has 1 atom stereocenters. The Morgan fingerprint density at radius 3 is 2.66 bits per heavy atom. The SMILES string of the molecule is CN=C(NCc1ccc(OCc2ccccc2)c(OC)c1)N1CCC(COCCOC)C1. The maximum atomic E-state index is 5.96. The highest BCUT2D eigenvalue weighted by Crippen LogP contribution is 2.29. The van der Waals surface area contributed by atoms with E-state index in [1.807, 2.05) is 49.5 Å². The van der Waals surface area contributed by atoms with Gasteiger partial charge in [-0.1, -0.05) is 36.4 Å². The number of likely N-dealkylation sites (tertiary alicyclic amines) is 1. The van der Waals surface area contributed by atoms with E-state index in [1.54, 1.807) is 14.2 Å². The van der Waals surface area contributed by atoms with Crippen molar-refractivity contribution in [1.82, 2.24) is 10.2 Å². The normalized spacial score (nSPS) is 16.3. The third-order valence-electron chi connectivity index (χ3n) is 5.50. The van der Waals surface area contributed by atoms with Crippen LogP contribution in [-0.2, 0) is 22.6 Å². The molecule has 0 aromatic heterocycles. The van der Waals surface area contributed by atoms with Gasteiger partial charge >= 0.3 is 0 Å². The fraction of sp³-hybridized carbons (Fsp3) is 0.480. The molecule has 2 aromatic carbocycles. The Labute approximate surface area is 191 Å². The Bertz CT molecular complexity index is 844. The van der Waals surface area contributed by atoms with Crippen LogP contribution in [0.3, 0.4) is 0 Å². The molecule has 7 nitrogen and oxygen atoms in total. The van der Waals surface area contributed by atoms with Crippen molar-refractivity contribution in [2.75, 3.05) is 54.2 Å². The summed E-state index contributed by atoms with van der Waals surface area (Å²) in [5, 5.41) is 3.47. The molecule has 0 radical (unpaired) electrons. The highest BCUT2D eigenvalue weighted by Gasteiger charge is 2.25. The van der Waals surface area contributed by atoms with Crippen LogP contribution in [0.2, 0.25) is 0 Å². The number of methoxy groups -OCH3 is 2. The largest absolute Gasteiger partial charge is 0.493 e. The van der Waals surface area contributed by atoms with E-state index < -0.39 is 0 Å². The Morgan fingerprint density at radius 2 is 1.91 bits per heavy atom. The molecule has 0 bridgehead atoms. The molecule has 7 heteroatoms. The van der Waals surface area contributed by atoms with Crippen LogP contribution in [0, 0.1) is 5.92 Å². The lowest BCUT2D eigenvalue weighted by molar-refractivity contribution is 0.0536. The minimum absolute atomic E-state index is 0.507. The van der Waals surface area contributed by atoms with Gasteiger partial charge in [0.1, 0.15) is 6.61 Å². The molecule has 1 fully saturated rings. The van der Waals surface area contributed by atoms with Gasteiger partial charge in [0.25, 0.3) is 0 Å². The van der Waals surface area contributed by atoms with Crippen LogP contribution in [-0.4, -0.2) is 65.0 Å². The van der Waals surface area contributed by atoms with Gasteiger partial charge in [0, 0.05) is 39.7 Å². The van der Waals surface area contributed by atoms with Crippen molar-refractivity contribution < 1.29 is 18.9 Å². The van der Waals surface area contributed by atoms with Gasteiger partial charge in [-0.2, -0.15) is 0 Å². The summed E-state index contributed by atoms with van der Waals surface area (Å²) in [5.74, 6) is 2.89. The molecule has 2 aromatic rings. The maximum absolute atomic E-state index is 5.96. The summed E-state index contributed by atoms with van der Waals surface area (Å²) in [6.45, 7) is 5.14. The summed E-state index contributed by atoms with van der Waals surface area (Å²) in [5.41, 5.74) is 2.23. The van der Waals surface area contributed by atoms with E-state index in [0.29, 0.717) is 32.3 Å². The van der Waals surface area contributed by atoms with E-state index in [2.05, 4.69) is 21.3 Å². The van der Waals surface area contributed by atoms with Crippen molar-refractivity contribution in [1.29, 1.82) is 0 Å². The van der Waals surface area contributed by atoms with Crippen molar-refractivity contribution >= 4 is 5.96 Å². The van der Waals surface area contributed by atoms with E-state index in [0.717, 1.165) is 54.7 Å². The molecule has 174 valence electrons. The molecule has 0 saturated carbocycles. The molecule has 1 N–H and O–H groups in total. The van der Waals surface area contributed by atoms with Crippen LogP contribution >= 0.6 is 0 Å². The second kappa shape index (κ2) is 12.9. The Hall–Kier alpha value is -2.77. The summed E-state index contributed by atoms with van der Waals surface area (Å²) in [7, 11) is 5.18. The molecule has 1 unspecified atom stereocenters. The Morgan fingerprint density at radius 1 is 1.06 bits per heavy atom. The van der Waals surface area contributed by atoms with Crippen molar-refractivity contribution in [3.05, 3.63) is 59.7 Å². The molecule has 1 heterocycles. The van der Waals surface area contributed by atoms with Crippen molar-refractivity contribution in [2.45, 2.75) is 19.6 Å². The fourth-order valence-corrected chi connectivity index (χ4v) is 3.74. The molecule has 1 saturated heterocycles. The lowest BCUT2D eigenvalue weighted by atomic mass is 10.1. The number of ether oxygens (including phenoxy) is 4. The Kier molecular flexibility index (Phi) is 9.65. The first-order valence-corrected chi connectivity index (χ1v) is 11.1. The standard InChI is InChI=1S/C25H35N3O4/c1-26-25(28-12-11-22(17-28)18-31-14-13-29-2)27-16-21-9-10-23(24(15-21)30-3)32-19-20-7-5-4-6-8-20/h4-10,15,22H,11-14,16-19H2,1-3H3,(H,26,27). The van der Waals surface area contributed by atoms with Gasteiger partial charge in [0.15, 0.2) is 17.5 Å². The van der Waals surface area contributed by atoms with Crippen LogP contribution in [0.1, 0.15) is 17.5 Å². The second-order valence-electron chi connectivity index (χ2n) is 7.83. The van der Waals surface area contributed by atoms with Gasteiger partial charge < -0.3 is 29.2 Å². The van der Waals surface area contributed by atoms with Crippen LogP contribution in [0.4, 0.5) is 0 Å². The number of nitrogens with one attached hydrogen (secondary N) is 1. The number of guanidine groups is 1. The molecule has 0 spiro atoms. The summed E-state index contributed by atoms with van der Waals surface area (Å²) in [6, 6.07) is 16.1. The third-order valence-corrected chi connectivity index (χ3v) is 5.50. The van der Waals surface area contributed by atoms with Crippen LogP contribution in [0.5, 0.6) is 11.5 Å². The van der Waals surface area contributed by atoms with Gasteiger partial charge in [-0.15, -0.1) is 0 Å². The zero-order valence-corrected chi connectivity index (χ0v) is 19.4. The van der Waals surface area contributed by atoms with Crippen LogP contribution in [0.25, 0.3) is 0 Å². The first-order valence-electron chi connectivity index (χ1n) is 11.1. The number of rotatable bonds is 11. The number of nitrogens with zero attached hydrogens (tertiary/aromatic N) is 2. The first kappa shape index (κ1) is 23.9. The number of hydrogen-bond acceptors (Lipinski definition) is 5. The summed E-state index contributed by atoms with van der Waals surface area (Å²) in [6.07, 6.45) is 1.11. The quantitative estimate of drug-likeness (QED) is 0.328. The van der Waals surface area contributed by atoms with Crippen molar-refractivity contribution in [3.63, 3.8) is 0 Å². The lowest BCUT2D eigenvalue weighted by Crippen LogP contribution is -2.39. The molecular weight excluding hydrogens is 406 g/mol. The van der Waals surface area contributed by atoms with Crippen molar-refractivity contribution in [3.8, 4) is 11.5 Å². The van der Waals surface area contributed by atoms with E-state index in [-0.39, 0.29) is 0 Å². The predicted octanol–water partition coefficient (Wildman–Crippen LogP) is 3.33. The highest BCUT2D eigenvalue weighted by atomic mass is 16.5. The molecule has 1 aliphatic heterocycles. The molecule has 0 aliphatic carbocycles. The van der Waals surface area contributed by atoms with E-state index >= 15 is 0 Å². The van der Waals surface area contributed by atoms with Crippen LogP contribution < -0.4 is 14.8 Å². The number of aliphatic imine (C=N–C) groups is 1. The molecule has 3 rings (SSSR count). The summed E-state index contributed by atoms with van der Waals surface area (Å²) in [4.78, 5) is 6.76. The highest BCUT2D eigenvalue weighted by molar-refractivity contribution is 5.80. The zero-order chi connectivity index (χ0) is 22.6. The van der Waals surface area contributed by atoms with Crippen LogP contribution in [0.15, 0.2) is 53.5 Å². The van der Waals surface area contributed by atoms with Gasteiger partial charge in [0.2, 0.25) is 0 Å². The number of hydrogen-bond donors (Lipinski definition) is 1. The number of benzene rings is 2. The topological polar surface area (TPSA) is 64.6 Å². The van der Waals surface area contributed by atoms with Crippen molar-refractivity contribution in [2.24, 2.45) is 10.9 Å². The zero-order valence-electron chi connectivity index (χ0n) is 19.4. The molecule has 0 amide bonds. The van der Waals surface area contributed by atoms with Gasteiger partial charge in [-0.3, -0.25) is 4.99 Å². The monoisotopic (exact) mass is 441 g/mol. The average Bonchev–Trinajstić information content (AvgIpc) is 3.30. The van der Waals surface area contributed by atoms with Gasteiger partial charge in [0.05, 0.1) is 26.9 Å². The molecule has 1 aliphatic rings. The second-order valence-corrected chi connectivity index (χ2v) is 7.83. The molecule has 32 heavy (non-hydrogen) atoms. The van der Waals surface area contributed by atoms with Gasteiger partial charge in [-0.05, 0) is 29.7 Å². The van der Waals surface area contributed by atoms with E-state index in [9.17, 15) is 0 Å². The lowest BCUT2D eigenvalue weighted by Gasteiger charge is -2.22. The smallest absolute Gasteiger partial charge is 0.193 e. The van der Waals surface area contributed by atoms with E-state index in [4.69, 9.17) is 18.9 Å². The third kappa shape index (κ3) is 7.14.